The highest BCUT2D eigenvalue weighted by Gasteiger charge is 2.25. The second-order valence-electron chi connectivity index (χ2n) is 6.86. The highest BCUT2D eigenvalue weighted by Crippen LogP contribution is 2.22. The number of hydrogen-bond acceptors (Lipinski definition) is 4. The molecule has 1 heterocycles. The number of rotatable bonds is 9. The van der Waals surface area contributed by atoms with Crippen LogP contribution in [0.1, 0.15) is 51.9 Å². The molecule has 0 aromatic rings. The molecule has 4 unspecified atom stereocenters. The zero-order chi connectivity index (χ0) is 17.9. The maximum absolute atomic E-state index is 12.1. The van der Waals surface area contributed by atoms with Gasteiger partial charge in [-0.25, -0.2) is 0 Å². The van der Waals surface area contributed by atoms with Gasteiger partial charge in [-0.15, -0.1) is 0 Å². The Morgan fingerprint density at radius 1 is 1.32 bits per heavy atom. The second-order valence-corrected chi connectivity index (χ2v) is 8.87. The van der Waals surface area contributed by atoms with Crippen molar-refractivity contribution >= 4 is 16.8 Å². The Bertz CT molecular complexity index is 428. The summed E-state index contributed by atoms with van der Waals surface area (Å²) in [4.78, 5) is 4.31. The summed E-state index contributed by atoms with van der Waals surface area (Å²) in [5.41, 5.74) is 0. The summed E-state index contributed by atoms with van der Waals surface area (Å²) in [5, 5.41) is 7.18. The van der Waals surface area contributed by atoms with Crippen molar-refractivity contribution in [3.8, 4) is 0 Å². The Kier molecular flexibility index (Phi) is 9.80. The van der Waals surface area contributed by atoms with Crippen LogP contribution in [-0.4, -0.2) is 66.7 Å². The molecule has 4 atom stereocenters. The van der Waals surface area contributed by atoms with E-state index in [2.05, 4.69) is 15.6 Å². The standard InChI is InChI=1S/C18H35N3O3S/c1-3-25(22)17-9-4-7-15(13-17)21-18(19-2)20-10-6-11-23-14-16-8-5-12-24-16/h15-17H,3-14H2,1-2H3,(H2,19,20,21). The predicted octanol–water partition coefficient (Wildman–Crippen LogP) is 1.82. The lowest BCUT2D eigenvalue weighted by Crippen LogP contribution is -2.46. The first kappa shape index (κ1) is 20.6. The van der Waals surface area contributed by atoms with Gasteiger partial charge in [0.2, 0.25) is 0 Å². The quantitative estimate of drug-likeness (QED) is 0.366. The highest BCUT2D eigenvalue weighted by molar-refractivity contribution is 7.85. The second kappa shape index (κ2) is 11.9. The first-order valence-corrected chi connectivity index (χ1v) is 11.1. The maximum Gasteiger partial charge on any atom is 0.191 e. The van der Waals surface area contributed by atoms with E-state index in [1.54, 1.807) is 7.05 Å². The van der Waals surface area contributed by atoms with Crippen molar-refractivity contribution < 1.29 is 13.7 Å². The lowest BCUT2D eigenvalue weighted by atomic mass is 9.95. The average molecular weight is 374 g/mol. The third-order valence-corrected chi connectivity index (χ3v) is 6.67. The Balaban J connectivity index is 1.57. The summed E-state index contributed by atoms with van der Waals surface area (Å²) < 4.78 is 23.3. The molecule has 0 spiro atoms. The van der Waals surface area contributed by atoms with Gasteiger partial charge in [0, 0.05) is 54.7 Å². The zero-order valence-corrected chi connectivity index (χ0v) is 16.6. The number of hydrogen-bond donors (Lipinski definition) is 2. The number of aliphatic imine (C=N–C) groups is 1. The minimum atomic E-state index is -0.688. The van der Waals surface area contributed by atoms with Gasteiger partial charge in [-0.2, -0.15) is 0 Å². The van der Waals surface area contributed by atoms with E-state index in [0.717, 1.165) is 76.4 Å². The van der Waals surface area contributed by atoms with E-state index in [-0.39, 0.29) is 0 Å². The fourth-order valence-corrected chi connectivity index (χ4v) is 4.86. The lowest BCUT2D eigenvalue weighted by molar-refractivity contribution is 0.0168. The molecular weight excluding hydrogens is 338 g/mol. The van der Waals surface area contributed by atoms with E-state index in [9.17, 15) is 4.21 Å². The molecule has 0 bridgehead atoms. The summed E-state index contributed by atoms with van der Waals surface area (Å²) in [6, 6.07) is 0.371. The van der Waals surface area contributed by atoms with Crippen LogP contribution < -0.4 is 10.6 Å². The van der Waals surface area contributed by atoms with Crippen LogP contribution in [0.2, 0.25) is 0 Å². The van der Waals surface area contributed by atoms with Crippen molar-refractivity contribution in [3.63, 3.8) is 0 Å². The molecule has 1 saturated carbocycles. The van der Waals surface area contributed by atoms with Crippen molar-refractivity contribution in [2.45, 2.75) is 69.3 Å². The van der Waals surface area contributed by atoms with Crippen LogP contribution in [0.3, 0.4) is 0 Å². The minimum absolute atomic E-state index is 0.301. The lowest BCUT2D eigenvalue weighted by Gasteiger charge is -2.30. The predicted molar refractivity (Wildman–Crippen MR) is 104 cm³/mol. The van der Waals surface area contributed by atoms with Crippen molar-refractivity contribution in [3.05, 3.63) is 0 Å². The molecule has 2 fully saturated rings. The fraction of sp³-hybridized carbons (Fsp3) is 0.944. The molecule has 1 aliphatic carbocycles. The van der Waals surface area contributed by atoms with Gasteiger partial charge in [-0.05, 0) is 38.5 Å². The van der Waals surface area contributed by atoms with Crippen LogP contribution in [0, 0.1) is 0 Å². The van der Waals surface area contributed by atoms with E-state index >= 15 is 0 Å². The van der Waals surface area contributed by atoms with Crippen molar-refractivity contribution in [1.82, 2.24) is 10.6 Å². The summed E-state index contributed by atoms with van der Waals surface area (Å²) in [6.45, 7) is 5.18. The highest BCUT2D eigenvalue weighted by atomic mass is 32.2. The van der Waals surface area contributed by atoms with Crippen LogP contribution in [0.15, 0.2) is 4.99 Å². The molecule has 2 N–H and O–H groups in total. The van der Waals surface area contributed by atoms with Crippen molar-refractivity contribution in [2.24, 2.45) is 4.99 Å². The molecule has 2 aliphatic rings. The molecule has 0 aromatic heterocycles. The van der Waals surface area contributed by atoms with Gasteiger partial charge in [0.05, 0.1) is 12.7 Å². The molecule has 25 heavy (non-hydrogen) atoms. The maximum atomic E-state index is 12.1. The Hall–Kier alpha value is -0.660. The van der Waals surface area contributed by atoms with Gasteiger partial charge in [0.25, 0.3) is 0 Å². The van der Waals surface area contributed by atoms with Crippen LogP contribution in [-0.2, 0) is 20.3 Å². The number of nitrogens with one attached hydrogen (secondary N) is 2. The first-order chi connectivity index (χ1) is 12.2. The summed E-state index contributed by atoms with van der Waals surface area (Å²) in [5.74, 6) is 1.60. The Morgan fingerprint density at radius 3 is 2.92 bits per heavy atom. The third-order valence-electron chi connectivity index (χ3n) is 4.93. The molecule has 0 aromatic carbocycles. The van der Waals surface area contributed by atoms with Crippen LogP contribution >= 0.6 is 0 Å². The van der Waals surface area contributed by atoms with Gasteiger partial charge < -0.3 is 20.1 Å². The van der Waals surface area contributed by atoms with Gasteiger partial charge in [0.1, 0.15) is 0 Å². The smallest absolute Gasteiger partial charge is 0.191 e. The van der Waals surface area contributed by atoms with Crippen molar-refractivity contribution in [2.75, 3.05) is 39.2 Å². The molecule has 7 heteroatoms. The van der Waals surface area contributed by atoms with Crippen molar-refractivity contribution in [1.29, 1.82) is 0 Å². The summed E-state index contributed by atoms with van der Waals surface area (Å²) in [6.07, 6.45) is 7.87. The molecule has 1 aliphatic heterocycles. The van der Waals surface area contributed by atoms with Gasteiger partial charge in [0.15, 0.2) is 5.96 Å². The molecule has 146 valence electrons. The molecule has 6 nitrogen and oxygen atoms in total. The molecule has 0 amide bonds. The Morgan fingerprint density at radius 2 is 2.20 bits per heavy atom. The number of ether oxygens (including phenoxy) is 2. The van der Waals surface area contributed by atoms with Gasteiger partial charge in [-0.3, -0.25) is 9.20 Å². The van der Waals surface area contributed by atoms with E-state index in [4.69, 9.17) is 9.47 Å². The SMILES string of the molecule is CCS(=O)C1CCCC(NC(=NC)NCCCOCC2CCCO2)C1. The molecule has 1 saturated heterocycles. The van der Waals surface area contributed by atoms with E-state index in [1.165, 1.54) is 0 Å². The third kappa shape index (κ3) is 7.62. The van der Waals surface area contributed by atoms with E-state index in [1.807, 2.05) is 6.92 Å². The monoisotopic (exact) mass is 373 g/mol. The first-order valence-electron chi connectivity index (χ1n) is 9.76. The number of nitrogens with zero attached hydrogens (tertiary/aromatic N) is 1. The summed E-state index contributed by atoms with van der Waals surface area (Å²) >= 11 is 0. The van der Waals surface area contributed by atoms with Crippen LogP contribution in [0.4, 0.5) is 0 Å². The topological polar surface area (TPSA) is 72.0 Å². The van der Waals surface area contributed by atoms with Crippen LogP contribution in [0.5, 0.6) is 0 Å². The number of guanidine groups is 1. The van der Waals surface area contributed by atoms with Crippen LogP contribution in [0.25, 0.3) is 0 Å². The van der Waals surface area contributed by atoms with E-state index < -0.39 is 10.8 Å². The molecular formula is C18H35N3O3S. The fourth-order valence-electron chi connectivity index (χ4n) is 3.51. The average Bonchev–Trinajstić information content (AvgIpc) is 3.16. The zero-order valence-electron chi connectivity index (χ0n) is 15.8. The summed E-state index contributed by atoms with van der Waals surface area (Å²) in [7, 11) is 1.11. The van der Waals surface area contributed by atoms with Gasteiger partial charge in [-0.1, -0.05) is 13.3 Å². The largest absolute Gasteiger partial charge is 0.379 e. The molecule has 0 radical (unpaired) electrons. The molecule has 2 rings (SSSR count). The minimum Gasteiger partial charge on any atom is -0.379 e. The normalized spacial score (nSPS) is 28.7. The van der Waals surface area contributed by atoms with Gasteiger partial charge >= 0.3 is 0 Å². The van der Waals surface area contributed by atoms with E-state index in [0.29, 0.717) is 24.0 Å². The Labute approximate surface area is 155 Å².